The molecule has 1 saturated carbocycles. The van der Waals surface area contributed by atoms with Gasteiger partial charge in [0, 0.05) is 18.0 Å². The maximum absolute atomic E-state index is 14.8. The van der Waals surface area contributed by atoms with Gasteiger partial charge in [-0.1, -0.05) is 18.1 Å². The van der Waals surface area contributed by atoms with Gasteiger partial charge in [-0.05, 0) is 39.7 Å². The molecule has 0 spiro atoms. The number of nitrogens with one attached hydrogen (secondary N) is 1. The van der Waals surface area contributed by atoms with E-state index in [4.69, 9.17) is 11.2 Å². The molecule has 1 aromatic carbocycles. The first kappa shape index (κ1) is 20.1. The molecule has 0 aromatic heterocycles. The largest absolute Gasteiger partial charge is 0.444 e. The van der Waals surface area contributed by atoms with Gasteiger partial charge in [-0.3, -0.25) is 0 Å². The number of benzene rings is 1. The third-order valence-electron chi connectivity index (χ3n) is 4.11. The van der Waals surface area contributed by atoms with Gasteiger partial charge in [-0.2, -0.15) is 8.78 Å². The first-order valence-electron chi connectivity index (χ1n) is 8.25. The van der Waals surface area contributed by atoms with Gasteiger partial charge in [0.1, 0.15) is 11.4 Å². The average Bonchev–Trinajstić information content (AvgIpc) is 3.36. The minimum absolute atomic E-state index is 0.164. The number of ether oxygens (including phenoxy) is 1. The van der Waals surface area contributed by atoms with E-state index in [1.807, 2.05) is 0 Å². The maximum atomic E-state index is 14.8. The van der Waals surface area contributed by atoms with E-state index in [1.165, 1.54) is 12.1 Å². The van der Waals surface area contributed by atoms with Crippen LogP contribution in [0, 0.1) is 24.1 Å². The van der Waals surface area contributed by atoms with Crippen LogP contribution < -0.4 is 5.32 Å². The minimum atomic E-state index is -3.96. The molecule has 7 heteroatoms. The van der Waals surface area contributed by atoms with Gasteiger partial charge in [-0.15, -0.1) is 6.42 Å². The van der Waals surface area contributed by atoms with Gasteiger partial charge < -0.3 is 15.2 Å². The standard InChI is InChI=1S/C19H22F3NO3/c1-5-18(25,13-9-10-13)19(21,22)14-8-6-7-12(15(14)20)11-23-16(24)26-17(2,3)4/h1,6-8,13,25H,9-11H2,2-4H3,(H,23,24). The number of amides is 1. The molecular formula is C19H22F3NO3. The summed E-state index contributed by atoms with van der Waals surface area (Å²) in [6.07, 6.45) is 5.06. The van der Waals surface area contributed by atoms with Crippen LogP contribution in [0.2, 0.25) is 0 Å². The zero-order valence-corrected chi connectivity index (χ0v) is 14.9. The van der Waals surface area contributed by atoms with E-state index in [0.29, 0.717) is 12.8 Å². The van der Waals surface area contributed by atoms with E-state index in [2.05, 4.69) is 5.32 Å². The molecule has 4 nitrogen and oxygen atoms in total. The van der Waals surface area contributed by atoms with Crippen LogP contribution in [0.5, 0.6) is 0 Å². The summed E-state index contributed by atoms with van der Waals surface area (Å²) in [5.74, 6) is -4.20. The summed E-state index contributed by atoms with van der Waals surface area (Å²) < 4.78 is 49.3. The highest BCUT2D eigenvalue weighted by Gasteiger charge is 2.61. The van der Waals surface area contributed by atoms with Gasteiger partial charge in [-0.25, -0.2) is 9.18 Å². The number of aliphatic hydroxyl groups is 1. The predicted molar refractivity (Wildman–Crippen MR) is 89.9 cm³/mol. The molecule has 1 amide bonds. The number of carbonyl (C=O) groups excluding carboxylic acids is 1. The molecule has 1 atom stereocenters. The zero-order valence-electron chi connectivity index (χ0n) is 14.9. The molecule has 1 fully saturated rings. The number of terminal acetylenes is 1. The second-order valence-electron chi connectivity index (χ2n) is 7.39. The van der Waals surface area contributed by atoms with Crippen molar-refractivity contribution in [3.05, 3.63) is 35.1 Å². The van der Waals surface area contributed by atoms with Crippen LogP contribution in [0.25, 0.3) is 0 Å². The summed E-state index contributed by atoms with van der Waals surface area (Å²) in [4.78, 5) is 11.7. The lowest BCUT2D eigenvalue weighted by atomic mass is 9.85. The quantitative estimate of drug-likeness (QED) is 0.778. The van der Waals surface area contributed by atoms with Crippen molar-refractivity contribution in [2.75, 3.05) is 0 Å². The lowest BCUT2D eigenvalue weighted by Crippen LogP contribution is -2.47. The molecule has 0 heterocycles. The smallest absolute Gasteiger partial charge is 0.407 e. The van der Waals surface area contributed by atoms with Crippen molar-refractivity contribution < 1.29 is 27.8 Å². The molecule has 2 rings (SSSR count). The SMILES string of the molecule is C#CC(O)(C1CC1)C(F)(F)c1cccc(CNC(=O)OC(C)(C)C)c1F. The zero-order chi connectivity index (χ0) is 19.8. The summed E-state index contributed by atoms with van der Waals surface area (Å²) in [6.45, 7) is 4.63. The van der Waals surface area contributed by atoms with Crippen LogP contribution in [0.1, 0.15) is 44.7 Å². The van der Waals surface area contributed by atoms with Gasteiger partial charge >= 0.3 is 12.0 Å². The Labute approximate surface area is 150 Å². The van der Waals surface area contributed by atoms with Crippen molar-refractivity contribution in [3.63, 3.8) is 0 Å². The third-order valence-corrected chi connectivity index (χ3v) is 4.11. The van der Waals surface area contributed by atoms with Crippen molar-refractivity contribution in [2.45, 2.75) is 57.3 Å². The highest BCUT2D eigenvalue weighted by Crippen LogP contribution is 2.52. The molecule has 0 bridgehead atoms. The molecule has 0 aliphatic heterocycles. The van der Waals surface area contributed by atoms with Crippen molar-refractivity contribution in [1.82, 2.24) is 5.32 Å². The van der Waals surface area contributed by atoms with Crippen molar-refractivity contribution >= 4 is 6.09 Å². The summed E-state index contributed by atoms with van der Waals surface area (Å²) in [7, 11) is 0. The number of rotatable bonds is 5. The first-order valence-corrected chi connectivity index (χ1v) is 8.25. The number of hydrogen-bond donors (Lipinski definition) is 2. The molecule has 1 unspecified atom stereocenters. The molecule has 1 aliphatic carbocycles. The average molecular weight is 369 g/mol. The molecular weight excluding hydrogens is 347 g/mol. The Balaban J connectivity index is 2.24. The number of alkyl carbamates (subject to hydrolysis) is 1. The maximum Gasteiger partial charge on any atom is 0.407 e. The minimum Gasteiger partial charge on any atom is -0.444 e. The lowest BCUT2D eigenvalue weighted by Gasteiger charge is -2.32. The molecule has 0 radical (unpaired) electrons. The van der Waals surface area contributed by atoms with Crippen LogP contribution in [0.3, 0.4) is 0 Å². The fraction of sp³-hybridized carbons (Fsp3) is 0.526. The Morgan fingerprint density at radius 2 is 2.00 bits per heavy atom. The molecule has 2 N–H and O–H groups in total. The molecule has 26 heavy (non-hydrogen) atoms. The normalized spacial score (nSPS) is 17.2. The fourth-order valence-corrected chi connectivity index (χ4v) is 2.61. The predicted octanol–water partition coefficient (Wildman–Crippen LogP) is 3.72. The van der Waals surface area contributed by atoms with E-state index in [1.54, 1.807) is 26.7 Å². The molecule has 1 aromatic rings. The Bertz CT molecular complexity index is 733. The molecule has 0 saturated heterocycles. The summed E-state index contributed by atoms with van der Waals surface area (Å²) in [5.41, 5.74) is -4.65. The Hall–Kier alpha value is -2.20. The first-order chi connectivity index (χ1) is 11.9. The van der Waals surface area contributed by atoms with Crippen LogP contribution in [0.15, 0.2) is 18.2 Å². The van der Waals surface area contributed by atoms with Crippen LogP contribution in [-0.2, 0) is 17.2 Å². The van der Waals surface area contributed by atoms with Gasteiger partial charge in [0.05, 0.1) is 5.56 Å². The van der Waals surface area contributed by atoms with Gasteiger partial charge in [0.25, 0.3) is 0 Å². The van der Waals surface area contributed by atoms with Gasteiger partial charge in [0.15, 0.2) is 5.60 Å². The second kappa shape index (κ2) is 6.84. The van der Waals surface area contributed by atoms with Crippen LogP contribution in [-0.4, -0.2) is 22.4 Å². The fourth-order valence-electron chi connectivity index (χ4n) is 2.61. The third kappa shape index (κ3) is 3.96. The van der Waals surface area contributed by atoms with E-state index in [0.717, 1.165) is 6.07 Å². The van der Waals surface area contributed by atoms with E-state index in [-0.39, 0.29) is 12.1 Å². The molecule has 1 aliphatic rings. The van der Waals surface area contributed by atoms with E-state index in [9.17, 15) is 23.1 Å². The molecule has 142 valence electrons. The summed E-state index contributed by atoms with van der Waals surface area (Å²) >= 11 is 0. The highest BCUT2D eigenvalue weighted by molar-refractivity contribution is 5.67. The summed E-state index contributed by atoms with van der Waals surface area (Å²) in [5, 5.41) is 12.6. The van der Waals surface area contributed by atoms with Crippen LogP contribution in [0.4, 0.5) is 18.0 Å². The Kier molecular flexibility index (Phi) is 5.29. The van der Waals surface area contributed by atoms with E-state index >= 15 is 0 Å². The lowest BCUT2D eigenvalue weighted by molar-refractivity contribution is -0.168. The van der Waals surface area contributed by atoms with Crippen molar-refractivity contribution in [1.29, 1.82) is 0 Å². The van der Waals surface area contributed by atoms with Crippen molar-refractivity contribution in [3.8, 4) is 12.3 Å². The Morgan fingerprint density at radius 1 is 1.38 bits per heavy atom. The number of carbonyl (C=O) groups is 1. The highest BCUT2D eigenvalue weighted by atomic mass is 19.3. The Morgan fingerprint density at radius 3 is 2.50 bits per heavy atom. The number of hydrogen-bond acceptors (Lipinski definition) is 3. The number of alkyl halides is 2. The number of halogens is 3. The van der Waals surface area contributed by atoms with Crippen LogP contribution >= 0.6 is 0 Å². The van der Waals surface area contributed by atoms with Gasteiger partial charge in [0.2, 0.25) is 0 Å². The summed E-state index contributed by atoms with van der Waals surface area (Å²) in [6, 6.07) is 3.37. The second-order valence-corrected chi connectivity index (χ2v) is 7.39. The van der Waals surface area contributed by atoms with Crippen molar-refractivity contribution in [2.24, 2.45) is 5.92 Å². The topological polar surface area (TPSA) is 58.6 Å². The monoisotopic (exact) mass is 369 g/mol. The van der Waals surface area contributed by atoms with E-state index < -0.39 is 40.5 Å².